The van der Waals surface area contributed by atoms with E-state index in [1.54, 1.807) is 0 Å². The van der Waals surface area contributed by atoms with Crippen molar-refractivity contribution in [3.63, 3.8) is 0 Å². The fraction of sp³-hybridized carbons (Fsp3) is 0.333. The molecule has 5 nitrogen and oxygen atoms in total. The summed E-state index contributed by atoms with van der Waals surface area (Å²) >= 11 is 1.24. The summed E-state index contributed by atoms with van der Waals surface area (Å²) in [4.78, 5) is 15.7. The van der Waals surface area contributed by atoms with Crippen LogP contribution in [0.15, 0.2) is 6.20 Å². The number of methoxy groups -OCH3 is 1. The number of nitrogens with zero attached hydrogens (tertiary/aromatic N) is 1. The molecule has 15 heavy (non-hydrogen) atoms. The van der Waals surface area contributed by atoms with E-state index in [0.717, 1.165) is 0 Å². The Morgan fingerprint density at radius 2 is 2.60 bits per heavy atom. The van der Waals surface area contributed by atoms with Crippen LogP contribution in [-0.4, -0.2) is 36.3 Å². The lowest BCUT2D eigenvalue weighted by atomic mass is 10.5. The lowest BCUT2D eigenvalue weighted by molar-refractivity contribution is -0.119. The van der Waals surface area contributed by atoms with Crippen molar-refractivity contribution in [3.8, 4) is 11.8 Å². The molecule has 0 saturated heterocycles. The Labute approximate surface area is 91.1 Å². The molecule has 0 aliphatic rings. The van der Waals surface area contributed by atoms with Crippen LogP contribution in [0, 0.1) is 11.8 Å². The van der Waals surface area contributed by atoms with Gasteiger partial charge in [-0.3, -0.25) is 10.1 Å². The van der Waals surface area contributed by atoms with Crippen LogP contribution in [0.2, 0.25) is 0 Å². The molecule has 2 N–H and O–H groups in total. The number of carbonyl (C=O) groups excluding carboxylic acids is 1. The van der Waals surface area contributed by atoms with Crippen LogP contribution in [0.3, 0.4) is 0 Å². The van der Waals surface area contributed by atoms with Crippen molar-refractivity contribution in [1.29, 1.82) is 0 Å². The normalized spacial score (nSPS) is 9.20. The second-order valence-electron chi connectivity index (χ2n) is 2.47. The van der Waals surface area contributed by atoms with Crippen molar-refractivity contribution in [2.75, 3.05) is 25.6 Å². The van der Waals surface area contributed by atoms with E-state index < -0.39 is 0 Å². The molecule has 6 heteroatoms. The van der Waals surface area contributed by atoms with E-state index in [0.29, 0.717) is 10.0 Å². The lowest BCUT2D eigenvalue weighted by Gasteiger charge is -1.97. The summed E-state index contributed by atoms with van der Waals surface area (Å²) in [6.45, 7) is -0.194. The standard InChI is InChI=1S/C9H10N2O3S/c1-14-6-8(13)11-9-10-5-7(15-9)3-2-4-12/h5,12H,4,6H2,1H3,(H,10,11,13). The van der Waals surface area contributed by atoms with Gasteiger partial charge < -0.3 is 9.84 Å². The van der Waals surface area contributed by atoms with Crippen molar-refractivity contribution < 1.29 is 14.6 Å². The number of hydrogen-bond acceptors (Lipinski definition) is 5. The lowest BCUT2D eigenvalue weighted by Crippen LogP contribution is -2.16. The SMILES string of the molecule is COCC(=O)Nc1ncc(C#CCO)s1. The first-order valence-electron chi connectivity index (χ1n) is 4.10. The third-order valence-electron chi connectivity index (χ3n) is 1.32. The summed E-state index contributed by atoms with van der Waals surface area (Å²) in [6.07, 6.45) is 1.54. The molecule has 0 aliphatic heterocycles. The highest BCUT2D eigenvalue weighted by Gasteiger charge is 2.04. The van der Waals surface area contributed by atoms with E-state index in [2.05, 4.69) is 26.9 Å². The molecular formula is C9H10N2O3S. The van der Waals surface area contributed by atoms with E-state index >= 15 is 0 Å². The Bertz CT molecular complexity index is 392. The van der Waals surface area contributed by atoms with E-state index in [9.17, 15) is 4.79 Å². The highest BCUT2D eigenvalue weighted by Crippen LogP contribution is 2.16. The molecule has 0 atom stereocenters. The molecule has 0 radical (unpaired) electrons. The zero-order chi connectivity index (χ0) is 11.1. The number of anilines is 1. The first-order chi connectivity index (χ1) is 7.26. The molecule has 1 rings (SSSR count). The Hall–Kier alpha value is -1.42. The summed E-state index contributed by atoms with van der Waals surface area (Å²) in [5.74, 6) is 4.93. The third-order valence-corrected chi connectivity index (χ3v) is 2.15. The maximum atomic E-state index is 11.1. The number of ether oxygens (including phenoxy) is 1. The molecule has 0 unspecified atom stereocenters. The van der Waals surface area contributed by atoms with Crippen molar-refractivity contribution in [2.45, 2.75) is 0 Å². The largest absolute Gasteiger partial charge is 0.384 e. The van der Waals surface area contributed by atoms with Crippen LogP contribution in [0.5, 0.6) is 0 Å². The van der Waals surface area contributed by atoms with Crippen LogP contribution in [0.4, 0.5) is 5.13 Å². The van der Waals surface area contributed by atoms with Gasteiger partial charge in [0.1, 0.15) is 13.2 Å². The molecule has 0 spiro atoms. The minimum atomic E-state index is -0.256. The topological polar surface area (TPSA) is 71.5 Å². The second kappa shape index (κ2) is 6.14. The Morgan fingerprint density at radius 3 is 3.27 bits per heavy atom. The highest BCUT2D eigenvalue weighted by atomic mass is 32.1. The number of aliphatic hydroxyl groups excluding tert-OH is 1. The molecular weight excluding hydrogens is 216 g/mol. The van der Waals surface area contributed by atoms with Gasteiger partial charge in [0.25, 0.3) is 5.91 Å². The van der Waals surface area contributed by atoms with E-state index in [1.165, 1.54) is 24.6 Å². The zero-order valence-electron chi connectivity index (χ0n) is 8.11. The number of amides is 1. The number of nitrogens with one attached hydrogen (secondary N) is 1. The molecule has 0 aromatic carbocycles. The molecule has 1 heterocycles. The number of aromatic nitrogens is 1. The highest BCUT2D eigenvalue weighted by molar-refractivity contribution is 7.16. The Morgan fingerprint density at radius 1 is 1.80 bits per heavy atom. The second-order valence-corrected chi connectivity index (χ2v) is 3.50. The average Bonchev–Trinajstić information content (AvgIpc) is 2.63. The number of rotatable bonds is 3. The molecule has 1 amide bonds. The Kier molecular flexibility index (Phi) is 4.77. The summed E-state index contributed by atoms with van der Waals surface area (Å²) < 4.78 is 4.65. The maximum Gasteiger partial charge on any atom is 0.252 e. The first kappa shape index (κ1) is 11.7. The van der Waals surface area contributed by atoms with Crippen molar-refractivity contribution in [1.82, 2.24) is 4.98 Å². The van der Waals surface area contributed by atoms with Gasteiger partial charge in [0.2, 0.25) is 0 Å². The van der Waals surface area contributed by atoms with Gasteiger partial charge in [-0.2, -0.15) is 0 Å². The average molecular weight is 226 g/mol. The maximum absolute atomic E-state index is 11.1. The molecule has 0 fully saturated rings. The molecule has 0 bridgehead atoms. The van der Waals surface area contributed by atoms with Crippen LogP contribution >= 0.6 is 11.3 Å². The fourth-order valence-electron chi connectivity index (χ4n) is 0.803. The predicted molar refractivity (Wildman–Crippen MR) is 56.6 cm³/mol. The van der Waals surface area contributed by atoms with Crippen molar-refractivity contribution in [3.05, 3.63) is 11.1 Å². The number of aliphatic hydroxyl groups is 1. The smallest absolute Gasteiger partial charge is 0.252 e. The molecule has 0 aliphatic carbocycles. The number of carbonyl (C=O) groups is 1. The van der Waals surface area contributed by atoms with Crippen molar-refractivity contribution >= 4 is 22.4 Å². The molecule has 80 valence electrons. The molecule has 1 aromatic rings. The minimum Gasteiger partial charge on any atom is -0.384 e. The van der Waals surface area contributed by atoms with Gasteiger partial charge in [-0.25, -0.2) is 4.98 Å². The number of thiazole rings is 1. The zero-order valence-corrected chi connectivity index (χ0v) is 8.93. The van der Waals surface area contributed by atoms with E-state index in [-0.39, 0.29) is 19.1 Å². The number of hydrogen-bond donors (Lipinski definition) is 2. The summed E-state index contributed by atoms with van der Waals surface area (Å²) in [5.41, 5.74) is 0. The third kappa shape index (κ3) is 4.08. The van der Waals surface area contributed by atoms with Gasteiger partial charge >= 0.3 is 0 Å². The first-order valence-corrected chi connectivity index (χ1v) is 4.92. The van der Waals surface area contributed by atoms with Crippen LogP contribution in [-0.2, 0) is 9.53 Å². The Balaban J connectivity index is 2.56. The van der Waals surface area contributed by atoms with Gasteiger partial charge in [-0.05, 0) is 0 Å². The van der Waals surface area contributed by atoms with Gasteiger partial charge in [0.05, 0.1) is 11.1 Å². The molecule has 1 aromatic heterocycles. The minimum absolute atomic E-state index is 0.00275. The summed E-state index contributed by atoms with van der Waals surface area (Å²) in [6, 6.07) is 0. The van der Waals surface area contributed by atoms with E-state index in [1.807, 2.05) is 0 Å². The van der Waals surface area contributed by atoms with Gasteiger partial charge in [-0.1, -0.05) is 23.2 Å². The summed E-state index contributed by atoms with van der Waals surface area (Å²) in [5, 5.41) is 11.5. The predicted octanol–water partition coefficient (Wildman–Crippen LogP) is 0.0718. The van der Waals surface area contributed by atoms with Crippen LogP contribution in [0.25, 0.3) is 0 Å². The van der Waals surface area contributed by atoms with Crippen LogP contribution in [0.1, 0.15) is 4.88 Å². The fourth-order valence-corrected chi connectivity index (χ4v) is 1.51. The van der Waals surface area contributed by atoms with Crippen LogP contribution < -0.4 is 5.32 Å². The van der Waals surface area contributed by atoms with Gasteiger partial charge in [0.15, 0.2) is 5.13 Å². The quantitative estimate of drug-likeness (QED) is 0.716. The summed E-state index contributed by atoms with van der Waals surface area (Å²) in [7, 11) is 1.44. The monoisotopic (exact) mass is 226 g/mol. The van der Waals surface area contributed by atoms with Gasteiger partial charge in [-0.15, -0.1) is 0 Å². The van der Waals surface area contributed by atoms with Crippen molar-refractivity contribution in [2.24, 2.45) is 0 Å². The van der Waals surface area contributed by atoms with Gasteiger partial charge in [0, 0.05) is 7.11 Å². The molecule has 0 saturated carbocycles. The van der Waals surface area contributed by atoms with E-state index in [4.69, 9.17) is 5.11 Å².